The van der Waals surface area contributed by atoms with Crippen LogP contribution in [0.1, 0.15) is 18.1 Å². The SMILES string of the molecule is C=O.CCO.Cc1ccccc1C. The van der Waals surface area contributed by atoms with Crippen LogP contribution in [0.4, 0.5) is 0 Å². The average molecular weight is 182 g/mol. The van der Waals surface area contributed by atoms with E-state index in [1.54, 1.807) is 6.92 Å². The van der Waals surface area contributed by atoms with Crippen LogP contribution in [0.3, 0.4) is 0 Å². The predicted octanol–water partition coefficient (Wildman–Crippen LogP) is 2.12. The van der Waals surface area contributed by atoms with Crippen molar-refractivity contribution in [2.24, 2.45) is 0 Å². The zero-order valence-electron chi connectivity index (χ0n) is 8.58. The highest BCUT2D eigenvalue weighted by atomic mass is 16.2. The summed E-state index contributed by atoms with van der Waals surface area (Å²) in [4.78, 5) is 8.00. The second-order valence-electron chi connectivity index (χ2n) is 2.40. The molecule has 0 radical (unpaired) electrons. The second-order valence-corrected chi connectivity index (χ2v) is 2.40. The third-order valence-corrected chi connectivity index (χ3v) is 1.43. The van der Waals surface area contributed by atoms with Crippen molar-refractivity contribution in [1.82, 2.24) is 0 Å². The summed E-state index contributed by atoms with van der Waals surface area (Å²) in [6.07, 6.45) is 0. The van der Waals surface area contributed by atoms with E-state index in [4.69, 9.17) is 9.90 Å². The third kappa shape index (κ3) is 8.76. The Morgan fingerprint density at radius 2 is 1.38 bits per heavy atom. The zero-order valence-corrected chi connectivity index (χ0v) is 8.58. The van der Waals surface area contributed by atoms with Crippen LogP contribution in [0.5, 0.6) is 0 Å². The molecule has 0 unspecified atom stereocenters. The lowest BCUT2D eigenvalue weighted by Crippen LogP contribution is -1.74. The topological polar surface area (TPSA) is 37.3 Å². The van der Waals surface area contributed by atoms with Gasteiger partial charge >= 0.3 is 0 Å². The van der Waals surface area contributed by atoms with Crippen LogP contribution < -0.4 is 0 Å². The lowest BCUT2D eigenvalue weighted by molar-refractivity contribution is -0.0979. The summed E-state index contributed by atoms with van der Waals surface area (Å²) in [5.74, 6) is 0. The van der Waals surface area contributed by atoms with Crippen LogP contribution in [0.2, 0.25) is 0 Å². The van der Waals surface area contributed by atoms with Gasteiger partial charge < -0.3 is 9.90 Å². The Hall–Kier alpha value is -1.15. The molecule has 0 fully saturated rings. The van der Waals surface area contributed by atoms with Gasteiger partial charge in [-0.15, -0.1) is 0 Å². The summed E-state index contributed by atoms with van der Waals surface area (Å²) in [5.41, 5.74) is 2.74. The molecule has 1 aromatic carbocycles. The fourth-order valence-electron chi connectivity index (χ4n) is 0.663. The van der Waals surface area contributed by atoms with E-state index in [1.807, 2.05) is 6.79 Å². The Bertz CT molecular complexity index is 188. The number of carbonyl (C=O) groups is 1. The van der Waals surface area contributed by atoms with Crippen molar-refractivity contribution in [1.29, 1.82) is 0 Å². The number of aliphatic hydroxyl groups is 1. The number of rotatable bonds is 0. The van der Waals surface area contributed by atoms with Gasteiger partial charge in [-0.25, -0.2) is 0 Å². The van der Waals surface area contributed by atoms with Gasteiger partial charge in [0.1, 0.15) is 6.79 Å². The monoisotopic (exact) mass is 182 g/mol. The van der Waals surface area contributed by atoms with E-state index in [-0.39, 0.29) is 6.61 Å². The van der Waals surface area contributed by atoms with Gasteiger partial charge in [0.15, 0.2) is 0 Å². The summed E-state index contributed by atoms with van der Waals surface area (Å²) in [7, 11) is 0. The van der Waals surface area contributed by atoms with E-state index < -0.39 is 0 Å². The summed E-state index contributed by atoms with van der Waals surface area (Å²) in [5, 5.41) is 7.57. The molecule has 0 saturated heterocycles. The molecule has 0 spiro atoms. The molecule has 1 rings (SSSR count). The molecule has 2 heteroatoms. The maximum absolute atomic E-state index is 8.00. The minimum atomic E-state index is 0.250. The molecule has 0 aromatic heterocycles. The van der Waals surface area contributed by atoms with Crippen molar-refractivity contribution in [3.63, 3.8) is 0 Å². The van der Waals surface area contributed by atoms with Crippen LogP contribution in [0, 0.1) is 13.8 Å². The molecule has 0 aliphatic carbocycles. The summed E-state index contributed by atoms with van der Waals surface area (Å²) < 4.78 is 0. The minimum absolute atomic E-state index is 0.250. The van der Waals surface area contributed by atoms with Crippen molar-refractivity contribution in [3.05, 3.63) is 35.4 Å². The number of carbonyl (C=O) groups excluding carboxylic acids is 1. The van der Waals surface area contributed by atoms with Gasteiger partial charge in [0.2, 0.25) is 0 Å². The van der Waals surface area contributed by atoms with Crippen molar-refractivity contribution < 1.29 is 9.90 Å². The fraction of sp³-hybridized carbons (Fsp3) is 0.364. The maximum Gasteiger partial charge on any atom is 0.106 e. The van der Waals surface area contributed by atoms with Gasteiger partial charge in [-0.2, -0.15) is 0 Å². The van der Waals surface area contributed by atoms with E-state index in [9.17, 15) is 0 Å². The van der Waals surface area contributed by atoms with Crippen molar-refractivity contribution in [3.8, 4) is 0 Å². The quantitative estimate of drug-likeness (QED) is 0.667. The van der Waals surface area contributed by atoms with E-state index in [0.29, 0.717) is 0 Å². The Morgan fingerprint density at radius 3 is 1.54 bits per heavy atom. The molecule has 0 amide bonds. The first-order valence-corrected chi connectivity index (χ1v) is 4.14. The van der Waals surface area contributed by atoms with Gasteiger partial charge in [-0.3, -0.25) is 0 Å². The molecular weight excluding hydrogens is 164 g/mol. The van der Waals surface area contributed by atoms with Crippen molar-refractivity contribution >= 4 is 6.79 Å². The Kier molecular flexibility index (Phi) is 12.0. The smallest absolute Gasteiger partial charge is 0.106 e. The van der Waals surface area contributed by atoms with Gasteiger partial charge in [-0.1, -0.05) is 24.3 Å². The molecule has 0 saturated carbocycles. The Morgan fingerprint density at radius 1 is 1.15 bits per heavy atom. The summed E-state index contributed by atoms with van der Waals surface area (Å²) in [6, 6.07) is 8.36. The highest BCUT2D eigenvalue weighted by Crippen LogP contribution is 2.02. The zero-order chi connectivity index (χ0) is 10.7. The fourth-order valence-corrected chi connectivity index (χ4v) is 0.663. The van der Waals surface area contributed by atoms with Crippen LogP contribution >= 0.6 is 0 Å². The molecule has 0 aliphatic heterocycles. The third-order valence-electron chi connectivity index (χ3n) is 1.43. The van der Waals surface area contributed by atoms with E-state index in [1.165, 1.54) is 11.1 Å². The first-order valence-electron chi connectivity index (χ1n) is 4.14. The number of aryl methyl sites for hydroxylation is 2. The molecule has 0 heterocycles. The van der Waals surface area contributed by atoms with Crippen LogP contribution in [0.15, 0.2) is 24.3 Å². The standard InChI is InChI=1S/C8H10.C2H6O.CH2O/c1-7-5-3-4-6-8(7)2;1-2-3;1-2/h3-6H,1-2H3;3H,2H2,1H3;1H2. The van der Waals surface area contributed by atoms with E-state index in [0.717, 1.165) is 0 Å². The van der Waals surface area contributed by atoms with Gasteiger partial charge in [-0.05, 0) is 31.9 Å². The number of hydrogen-bond acceptors (Lipinski definition) is 2. The molecule has 13 heavy (non-hydrogen) atoms. The molecule has 0 bridgehead atoms. The van der Waals surface area contributed by atoms with Crippen LogP contribution in [-0.2, 0) is 4.79 Å². The maximum atomic E-state index is 8.00. The summed E-state index contributed by atoms with van der Waals surface area (Å²) in [6.45, 7) is 8.17. The average Bonchev–Trinajstić information content (AvgIpc) is 2.15. The Balaban J connectivity index is 0. The molecule has 1 aromatic rings. The predicted molar refractivity (Wildman–Crippen MR) is 55.8 cm³/mol. The number of aliphatic hydroxyl groups excluding tert-OH is 1. The lowest BCUT2D eigenvalue weighted by Gasteiger charge is -1.93. The molecule has 74 valence electrons. The molecule has 1 N–H and O–H groups in total. The Labute approximate surface area is 80.2 Å². The van der Waals surface area contributed by atoms with Crippen molar-refractivity contribution in [2.75, 3.05) is 6.61 Å². The highest BCUT2D eigenvalue weighted by Gasteiger charge is 1.83. The summed E-state index contributed by atoms with van der Waals surface area (Å²) >= 11 is 0. The second kappa shape index (κ2) is 10.8. The molecule has 0 aliphatic rings. The largest absolute Gasteiger partial charge is 0.397 e. The number of benzene rings is 1. The normalized spacial score (nSPS) is 7.38. The van der Waals surface area contributed by atoms with Gasteiger partial charge in [0.05, 0.1) is 0 Å². The first-order chi connectivity index (χ1) is 6.22. The minimum Gasteiger partial charge on any atom is -0.397 e. The van der Waals surface area contributed by atoms with Gasteiger partial charge in [0.25, 0.3) is 0 Å². The van der Waals surface area contributed by atoms with Gasteiger partial charge in [0, 0.05) is 6.61 Å². The van der Waals surface area contributed by atoms with Crippen LogP contribution in [0.25, 0.3) is 0 Å². The number of hydrogen-bond donors (Lipinski definition) is 1. The molecule has 0 atom stereocenters. The van der Waals surface area contributed by atoms with E-state index >= 15 is 0 Å². The highest BCUT2D eigenvalue weighted by molar-refractivity contribution is 5.23. The molecular formula is C11H18O2. The molecule has 2 nitrogen and oxygen atoms in total. The van der Waals surface area contributed by atoms with Crippen LogP contribution in [-0.4, -0.2) is 18.5 Å². The lowest BCUT2D eigenvalue weighted by atomic mass is 10.1. The van der Waals surface area contributed by atoms with E-state index in [2.05, 4.69) is 38.1 Å². The first kappa shape index (κ1) is 14.4. The van der Waals surface area contributed by atoms with Crippen molar-refractivity contribution in [2.45, 2.75) is 20.8 Å².